The minimum atomic E-state index is -0.152. The zero-order valence-corrected chi connectivity index (χ0v) is 26.2. The van der Waals surface area contributed by atoms with Gasteiger partial charge in [-0.15, -0.1) is 0 Å². The van der Waals surface area contributed by atoms with Crippen LogP contribution in [0.4, 0.5) is 0 Å². The molecule has 5 heteroatoms. The Balaban J connectivity index is 1.43. The second kappa shape index (κ2) is 8.26. The molecule has 0 unspecified atom stereocenters. The van der Waals surface area contributed by atoms with Crippen LogP contribution in [0.3, 0.4) is 0 Å². The Bertz CT molecular complexity index is 1060. The van der Waals surface area contributed by atoms with Crippen LogP contribution in [0.5, 0.6) is 0 Å². The van der Waals surface area contributed by atoms with Gasteiger partial charge in [-0.3, -0.25) is 9.59 Å². The number of esters is 2. The van der Waals surface area contributed by atoms with Crippen molar-refractivity contribution >= 4 is 11.9 Å². The summed E-state index contributed by atoms with van der Waals surface area (Å²) >= 11 is 0. The predicted octanol–water partition coefficient (Wildman–Crippen LogP) is 7.49. The molecular formula is C34H54O5. The first-order valence-corrected chi connectivity index (χ1v) is 16.0. The summed E-state index contributed by atoms with van der Waals surface area (Å²) in [7, 11) is 0. The van der Waals surface area contributed by atoms with E-state index in [1.54, 1.807) is 13.8 Å². The Labute approximate surface area is 236 Å². The molecular weight excluding hydrogens is 488 g/mol. The molecule has 5 aliphatic carbocycles. The van der Waals surface area contributed by atoms with Gasteiger partial charge in [0.15, 0.2) is 0 Å². The van der Waals surface area contributed by atoms with Crippen molar-refractivity contribution < 1.29 is 23.8 Å². The van der Waals surface area contributed by atoms with Gasteiger partial charge in [-0.1, -0.05) is 48.5 Å². The summed E-state index contributed by atoms with van der Waals surface area (Å²) in [6.07, 6.45) is 11.0. The van der Waals surface area contributed by atoms with Crippen molar-refractivity contribution in [1.82, 2.24) is 0 Å². The maximum atomic E-state index is 12.5. The Morgan fingerprint density at radius 1 is 0.692 bits per heavy atom. The highest BCUT2D eigenvalue weighted by molar-refractivity contribution is 5.66. The van der Waals surface area contributed by atoms with E-state index in [-0.39, 0.29) is 62.2 Å². The average Bonchev–Trinajstić information content (AvgIpc) is 3.07. The average molecular weight is 543 g/mol. The largest absolute Gasteiger partial charge is 0.462 e. The molecule has 6 fully saturated rings. The minimum absolute atomic E-state index is 0.00534. The first kappa shape index (κ1) is 28.0. The number of ether oxygens (including phenoxy) is 3. The van der Waals surface area contributed by atoms with E-state index in [0.29, 0.717) is 17.8 Å². The van der Waals surface area contributed by atoms with E-state index >= 15 is 0 Å². The van der Waals surface area contributed by atoms with Gasteiger partial charge in [-0.05, 0) is 92.3 Å². The van der Waals surface area contributed by atoms with Crippen LogP contribution in [0.2, 0.25) is 0 Å². The lowest BCUT2D eigenvalue weighted by atomic mass is 9.30. The quantitative estimate of drug-likeness (QED) is 0.338. The monoisotopic (exact) mass is 542 g/mol. The zero-order valence-electron chi connectivity index (χ0n) is 26.2. The fourth-order valence-electron chi connectivity index (χ4n) is 12.7. The third-order valence-electron chi connectivity index (χ3n) is 14.7. The van der Waals surface area contributed by atoms with Crippen LogP contribution in [0.25, 0.3) is 0 Å². The molecule has 1 aliphatic heterocycles. The van der Waals surface area contributed by atoms with Gasteiger partial charge in [-0.25, -0.2) is 0 Å². The maximum Gasteiger partial charge on any atom is 0.302 e. The smallest absolute Gasteiger partial charge is 0.302 e. The van der Waals surface area contributed by atoms with Crippen LogP contribution >= 0.6 is 0 Å². The highest BCUT2D eigenvalue weighted by atomic mass is 16.6. The molecule has 5 saturated carbocycles. The van der Waals surface area contributed by atoms with E-state index in [9.17, 15) is 9.59 Å². The normalized spacial score (nSPS) is 52.9. The molecule has 5 nitrogen and oxygen atoms in total. The topological polar surface area (TPSA) is 61.8 Å². The second-order valence-electron chi connectivity index (χ2n) is 17.0. The van der Waals surface area contributed by atoms with Gasteiger partial charge >= 0.3 is 11.9 Å². The third kappa shape index (κ3) is 3.40. The van der Waals surface area contributed by atoms with Crippen molar-refractivity contribution in [1.29, 1.82) is 0 Å². The molecule has 220 valence electrons. The van der Waals surface area contributed by atoms with Gasteiger partial charge in [0.2, 0.25) is 0 Å². The fourth-order valence-corrected chi connectivity index (χ4v) is 12.7. The Morgan fingerprint density at radius 2 is 1.33 bits per heavy atom. The molecule has 1 spiro atoms. The summed E-state index contributed by atoms with van der Waals surface area (Å²) in [6.45, 7) is 21.2. The van der Waals surface area contributed by atoms with E-state index in [4.69, 9.17) is 14.2 Å². The summed E-state index contributed by atoms with van der Waals surface area (Å²) in [4.78, 5) is 24.5. The minimum Gasteiger partial charge on any atom is -0.462 e. The van der Waals surface area contributed by atoms with Crippen molar-refractivity contribution in [2.24, 2.45) is 50.2 Å². The molecule has 0 N–H and O–H groups in total. The molecule has 0 amide bonds. The lowest BCUT2D eigenvalue weighted by Gasteiger charge is -2.75. The summed E-state index contributed by atoms with van der Waals surface area (Å²) in [5, 5.41) is 0. The molecule has 0 aromatic rings. The van der Waals surface area contributed by atoms with Crippen molar-refractivity contribution in [2.45, 2.75) is 144 Å². The van der Waals surface area contributed by atoms with Crippen molar-refractivity contribution in [3.63, 3.8) is 0 Å². The zero-order chi connectivity index (χ0) is 28.4. The van der Waals surface area contributed by atoms with Crippen LogP contribution in [0.15, 0.2) is 0 Å². The summed E-state index contributed by atoms with van der Waals surface area (Å²) in [6, 6.07) is 0. The number of hydrogen-bond acceptors (Lipinski definition) is 5. The summed E-state index contributed by atoms with van der Waals surface area (Å²) < 4.78 is 19.5. The second-order valence-corrected chi connectivity index (χ2v) is 17.0. The molecule has 10 atom stereocenters. The van der Waals surface area contributed by atoms with Gasteiger partial charge in [0.1, 0.15) is 12.2 Å². The van der Waals surface area contributed by atoms with E-state index in [1.807, 2.05) is 0 Å². The summed E-state index contributed by atoms with van der Waals surface area (Å²) in [5.74, 6) is 1.24. The number of carbonyl (C=O) groups is 2. The Morgan fingerprint density at radius 3 is 2.00 bits per heavy atom. The van der Waals surface area contributed by atoms with Gasteiger partial charge in [0.05, 0.1) is 12.2 Å². The molecule has 0 aromatic heterocycles. The lowest BCUT2D eigenvalue weighted by Crippen LogP contribution is -2.74. The van der Waals surface area contributed by atoms with Crippen LogP contribution < -0.4 is 0 Å². The van der Waals surface area contributed by atoms with Gasteiger partial charge < -0.3 is 14.2 Å². The molecule has 39 heavy (non-hydrogen) atoms. The maximum absolute atomic E-state index is 12.5. The van der Waals surface area contributed by atoms with E-state index in [1.165, 1.54) is 12.8 Å². The third-order valence-corrected chi connectivity index (χ3v) is 14.7. The van der Waals surface area contributed by atoms with Gasteiger partial charge in [-0.2, -0.15) is 0 Å². The molecule has 6 rings (SSSR count). The SMILES string of the molecule is CC(=O)O[C@H]1CC[C@]2(C)[C@H]3CC[C@]45OC[C@@]6(CCC(C)(C)C[C@H]64)[C@H](OC(C)=O)C[C@@]5(C)[C@]3(C)CC[C@H]2C1(C)C. The van der Waals surface area contributed by atoms with E-state index in [2.05, 4.69) is 48.5 Å². The van der Waals surface area contributed by atoms with Crippen molar-refractivity contribution in [2.75, 3.05) is 6.61 Å². The first-order chi connectivity index (χ1) is 18.0. The van der Waals surface area contributed by atoms with E-state index < -0.39 is 0 Å². The molecule has 1 heterocycles. The molecule has 1 saturated heterocycles. The number of fused-ring (bicyclic) bond motifs is 4. The van der Waals surface area contributed by atoms with Crippen LogP contribution in [0.1, 0.15) is 127 Å². The standard InChI is InChI=1S/C34H54O5/c1-21(35)38-26-12-13-30(7)23(29(26,5)6)10-14-31(8)24(30)11-15-34-25-18-28(3,4)16-17-33(25,20-37-34)27(39-22(2)36)19-32(31,34)9/h23-27H,10-20H2,1-9H3/t23-,24+,25+,26-,27+,30-,31+,32-,33+,34-/m0/s1. The summed E-state index contributed by atoms with van der Waals surface area (Å²) in [5.41, 5.74) is 0.288. The number of carbonyl (C=O) groups excluding carboxylic acids is 2. The molecule has 0 aromatic carbocycles. The number of hydrogen-bond donors (Lipinski definition) is 0. The number of rotatable bonds is 2. The van der Waals surface area contributed by atoms with Crippen molar-refractivity contribution in [3.05, 3.63) is 0 Å². The fraction of sp³-hybridized carbons (Fsp3) is 0.941. The van der Waals surface area contributed by atoms with E-state index in [0.717, 1.165) is 58.0 Å². The van der Waals surface area contributed by atoms with Crippen LogP contribution in [-0.4, -0.2) is 36.4 Å². The van der Waals surface area contributed by atoms with Crippen LogP contribution in [-0.2, 0) is 23.8 Å². The Hall–Kier alpha value is -1.10. The molecule has 6 aliphatic rings. The lowest BCUT2D eigenvalue weighted by molar-refractivity contribution is -0.299. The van der Waals surface area contributed by atoms with Gasteiger partial charge in [0.25, 0.3) is 0 Å². The predicted molar refractivity (Wildman–Crippen MR) is 151 cm³/mol. The highest BCUT2D eigenvalue weighted by Crippen LogP contribution is 2.80. The first-order valence-electron chi connectivity index (χ1n) is 16.0. The molecule has 0 radical (unpaired) electrons. The van der Waals surface area contributed by atoms with Crippen LogP contribution in [0, 0.1) is 50.2 Å². The highest BCUT2D eigenvalue weighted by Gasteiger charge is 2.80. The Kier molecular flexibility index (Phi) is 5.94. The molecule has 2 bridgehead atoms. The van der Waals surface area contributed by atoms with Gasteiger partial charge in [0, 0.05) is 36.0 Å². The van der Waals surface area contributed by atoms with Crippen molar-refractivity contribution in [3.8, 4) is 0 Å².